The van der Waals surface area contributed by atoms with Crippen molar-refractivity contribution in [1.29, 1.82) is 0 Å². The second-order valence-corrected chi connectivity index (χ2v) is 8.58. The Morgan fingerprint density at radius 3 is 2.68 bits per heavy atom. The van der Waals surface area contributed by atoms with Gasteiger partial charge >= 0.3 is 13.2 Å². The van der Waals surface area contributed by atoms with Crippen LogP contribution in [0.1, 0.15) is 39.2 Å². The van der Waals surface area contributed by atoms with E-state index in [1.165, 1.54) is 6.42 Å². The highest BCUT2D eigenvalue weighted by atomic mass is 16.7. The van der Waals surface area contributed by atoms with E-state index in [1.54, 1.807) is 0 Å². The standard InChI is InChI=1S/C19H26BNO4/c1-18(2)13-10-14(18)19(3)15(11-13)24-20(25-19)16(21-17(22)23)9-12-7-5-4-6-8-12/h4-8,13-16,21H,9-11H2,1-3H3,(H,22,23)/t13-,14-,15+,16-,19-/m0/s1. The van der Waals surface area contributed by atoms with E-state index < -0.39 is 19.2 Å². The van der Waals surface area contributed by atoms with Gasteiger partial charge in [0.1, 0.15) is 0 Å². The molecule has 0 radical (unpaired) electrons. The van der Waals surface area contributed by atoms with E-state index in [-0.39, 0.29) is 17.1 Å². The van der Waals surface area contributed by atoms with Gasteiger partial charge in [-0.15, -0.1) is 0 Å². The first-order chi connectivity index (χ1) is 11.8. The lowest BCUT2D eigenvalue weighted by molar-refractivity contribution is -0.199. The summed E-state index contributed by atoms with van der Waals surface area (Å²) in [7, 11) is -0.540. The number of amides is 1. The molecule has 3 saturated carbocycles. The summed E-state index contributed by atoms with van der Waals surface area (Å²) in [6, 6.07) is 9.88. The highest BCUT2D eigenvalue weighted by Gasteiger charge is 2.68. The van der Waals surface area contributed by atoms with Gasteiger partial charge in [0.15, 0.2) is 0 Å². The van der Waals surface area contributed by atoms with Crippen LogP contribution in [-0.2, 0) is 15.7 Å². The summed E-state index contributed by atoms with van der Waals surface area (Å²) in [5.74, 6) is 0.733. The molecule has 4 aliphatic rings. The molecule has 134 valence electrons. The monoisotopic (exact) mass is 343 g/mol. The molecular formula is C19H26BNO4. The lowest BCUT2D eigenvalue weighted by atomic mass is 9.43. The Bertz CT molecular complexity index is 667. The Morgan fingerprint density at radius 2 is 2.04 bits per heavy atom. The molecule has 3 aliphatic carbocycles. The highest BCUT2D eigenvalue weighted by Crippen LogP contribution is 2.65. The summed E-state index contributed by atoms with van der Waals surface area (Å²) in [6.07, 6.45) is 1.76. The second-order valence-electron chi connectivity index (χ2n) is 8.58. The predicted molar refractivity (Wildman–Crippen MR) is 95.2 cm³/mol. The van der Waals surface area contributed by atoms with Crippen molar-refractivity contribution in [3.8, 4) is 0 Å². The highest BCUT2D eigenvalue weighted by molar-refractivity contribution is 6.47. The van der Waals surface area contributed by atoms with E-state index in [0.717, 1.165) is 12.0 Å². The third-order valence-electron chi connectivity index (χ3n) is 6.90. The summed E-state index contributed by atoms with van der Waals surface area (Å²) in [5.41, 5.74) is 1.02. The molecule has 1 saturated heterocycles. The van der Waals surface area contributed by atoms with Crippen molar-refractivity contribution >= 4 is 13.2 Å². The molecule has 5 nitrogen and oxygen atoms in total. The third kappa shape index (κ3) is 2.66. The molecule has 0 aromatic heterocycles. The van der Waals surface area contributed by atoms with Gasteiger partial charge in [0.2, 0.25) is 0 Å². The summed E-state index contributed by atoms with van der Waals surface area (Å²) >= 11 is 0. The maximum absolute atomic E-state index is 11.3. The van der Waals surface area contributed by atoms with Gasteiger partial charge in [0.05, 0.1) is 17.6 Å². The van der Waals surface area contributed by atoms with E-state index in [2.05, 4.69) is 26.1 Å². The molecule has 1 aliphatic heterocycles. The van der Waals surface area contributed by atoms with Crippen LogP contribution >= 0.6 is 0 Å². The lowest BCUT2D eigenvalue weighted by Gasteiger charge is -2.64. The number of benzene rings is 1. The Balaban J connectivity index is 1.54. The van der Waals surface area contributed by atoms with Gasteiger partial charge in [-0.1, -0.05) is 44.2 Å². The van der Waals surface area contributed by atoms with Crippen molar-refractivity contribution in [2.24, 2.45) is 17.3 Å². The lowest BCUT2D eigenvalue weighted by Crippen LogP contribution is -2.65. The van der Waals surface area contributed by atoms with Crippen LogP contribution in [0.15, 0.2) is 30.3 Å². The van der Waals surface area contributed by atoms with E-state index >= 15 is 0 Å². The Hall–Kier alpha value is -1.53. The van der Waals surface area contributed by atoms with Crippen molar-refractivity contribution in [3.05, 3.63) is 35.9 Å². The van der Waals surface area contributed by atoms with Crippen molar-refractivity contribution in [2.45, 2.75) is 57.7 Å². The minimum absolute atomic E-state index is 0.0585. The summed E-state index contributed by atoms with van der Waals surface area (Å²) in [4.78, 5) is 11.3. The van der Waals surface area contributed by atoms with E-state index in [4.69, 9.17) is 9.31 Å². The topological polar surface area (TPSA) is 67.8 Å². The average Bonchev–Trinajstić information content (AvgIpc) is 2.91. The van der Waals surface area contributed by atoms with Crippen molar-refractivity contribution in [2.75, 3.05) is 0 Å². The largest absolute Gasteiger partial charge is 0.482 e. The molecule has 5 atom stereocenters. The number of hydrogen-bond donors (Lipinski definition) is 2. The van der Waals surface area contributed by atoms with Crippen LogP contribution in [0, 0.1) is 17.3 Å². The molecule has 4 fully saturated rings. The van der Waals surface area contributed by atoms with Gasteiger partial charge in [-0.2, -0.15) is 0 Å². The molecule has 1 aromatic carbocycles. The number of carboxylic acid groups (broad SMARTS) is 1. The fourth-order valence-electron chi connectivity index (χ4n) is 5.31. The first-order valence-electron chi connectivity index (χ1n) is 9.17. The number of carbonyl (C=O) groups is 1. The van der Waals surface area contributed by atoms with Crippen molar-refractivity contribution in [1.82, 2.24) is 5.32 Å². The maximum Gasteiger partial charge on any atom is 0.482 e. The Morgan fingerprint density at radius 1 is 1.32 bits per heavy atom. The molecule has 2 N–H and O–H groups in total. The molecule has 5 rings (SSSR count). The third-order valence-corrected chi connectivity index (χ3v) is 6.90. The van der Waals surface area contributed by atoms with Crippen LogP contribution in [0.3, 0.4) is 0 Å². The van der Waals surface area contributed by atoms with Crippen LogP contribution < -0.4 is 5.32 Å². The van der Waals surface area contributed by atoms with Crippen LogP contribution in [0.4, 0.5) is 4.79 Å². The normalized spacial score (nSPS) is 36.3. The number of nitrogens with one attached hydrogen (secondary N) is 1. The van der Waals surface area contributed by atoms with E-state index in [9.17, 15) is 9.90 Å². The van der Waals surface area contributed by atoms with Crippen LogP contribution in [0.5, 0.6) is 0 Å². The van der Waals surface area contributed by atoms with Gasteiger partial charge in [-0.05, 0) is 49.0 Å². The second kappa shape index (κ2) is 5.75. The molecule has 1 amide bonds. The summed E-state index contributed by atoms with van der Waals surface area (Å²) in [6.45, 7) is 6.79. The van der Waals surface area contributed by atoms with Gasteiger partial charge in [-0.3, -0.25) is 0 Å². The molecule has 0 spiro atoms. The summed E-state index contributed by atoms with van der Waals surface area (Å²) in [5, 5.41) is 11.9. The van der Waals surface area contributed by atoms with Crippen molar-refractivity contribution < 1.29 is 19.2 Å². The zero-order chi connectivity index (χ0) is 17.8. The minimum Gasteiger partial charge on any atom is -0.465 e. The smallest absolute Gasteiger partial charge is 0.465 e. The maximum atomic E-state index is 11.3. The molecule has 0 unspecified atom stereocenters. The molecule has 1 heterocycles. The zero-order valence-electron chi connectivity index (χ0n) is 15.1. The van der Waals surface area contributed by atoms with E-state index in [0.29, 0.717) is 18.3 Å². The van der Waals surface area contributed by atoms with Crippen LogP contribution in [-0.4, -0.2) is 36.0 Å². The fourth-order valence-corrected chi connectivity index (χ4v) is 5.31. The Labute approximate surface area is 149 Å². The minimum atomic E-state index is -1.04. The van der Waals surface area contributed by atoms with Crippen molar-refractivity contribution in [3.63, 3.8) is 0 Å². The van der Waals surface area contributed by atoms with Crippen LogP contribution in [0.25, 0.3) is 0 Å². The quantitative estimate of drug-likeness (QED) is 0.825. The first-order valence-corrected chi connectivity index (χ1v) is 9.17. The molecule has 25 heavy (non-hydrogen) atoms. The SMILES string of the molecule is CC1(C)[C@@H]2C[C@H]3OB([C@H](Cc4ccccc4)NC(=O)O)O[C@@]3(C)[C@H]1C2. The van der Waals surface area contributed by atoms with E-state index in [1.807, 2.05) is 30.3 Å². The molecule has 6 heteroatoms. The van der Waals surface area contributed by atoms with Crippen LogP contribution in [0.2, 0.25) is 0 Å². The molecule has 2 bridgehead atoms. The van der Waals surface area contributed by atoms with Gasteiger partial charge < -0.3 is 19.7 Å². The zero-order valence-corrected chi connectivity index (χ0v) is 15.1. The first kappa shape index (κ1) is 16.9. The number of hydrogen-bond acceptors (Lipinski definition) is 3. The van der Waals surface area contributed by atoms with Gasteiger partial charge in [0.25, 0.3) is 0 Å². The Kier molecular flexibility index (Phi) is 3.89. The van der Waals surface area contributed by atoms with Gasteiger partial charge in [0, 0.05) is 0 Å². The average molecular weight is 343 g/mol. The van der Waals surface area contributed by atoms with Gasteiger partial charge in [-0.25, -0.2) is 4.79 Å². The molecular weight excluding hydrogens is 317 g/mol. The predicted octanol–water partition coefficient (Wildman–Crippen LogP) is 3.13. The fraction of sp³-hybridized carbons (Fsp3) is 0.632. The molecule has 1 aromatic rings. The summed E-state index contributed by atoms with van der Waals surface area (Å²) < 4.78 is 12.7. The number of rotatable bonds is 4.